The lowest BCUT2D eigenvalue weighted by molar-refractivity contribution is 0.0652. The molecule has 1 aromatic carbocycles. The van der Waals surface area contributed by atoms with Crippen LogP contribution in [0.3, 0.4) is 0 Å². The van der Waals surface area contributed by atoms with Crippen LogP contribution in [-0.4, -0.2) is 16.2 Å². The molecular formula is C20H25NO3. The van der Waals surface area contributed by atoms with Crippen LogP contribution in [0.25, 0.3) is 11.3 Å². The highest BCUT2D eigenvalue weighted by atomic mass is 16.5. The Morgan fingerprint density at radius 3 is 2.42 bits per heavy atom. The number of rotatable bonds is 3. The van der Waals surface area contributed by atoms with Gasteiger partial charge in [0.1, 0.15) is 5.69 Å². The second kappa shape index (κ2) is 6.42. The molecule has 0 atom stereocenters. The highest BCUT2D eigenvalue weighted by Gasteiger charge is 2.31. The topological polar surface area (TPSA) is 63.3 Å². The van der Waals surface area contributed by atoms with Gasteiger partial charge in [0.15, 0.2) is 0 Å². The van der Waals surface area contributed by atoms with Crippen molar-refractivity contribution in [2.75, 3.05) is 0 Å². The molecule has 1 aromatic heterocycles. The molecule has 4 heteroatoms. The zero-order chi connectivity index (χ0) is 17.3. The second-order valence-electron chi connectivity index (χ2n) is 7.88. The molecule has 2 aromatic rings. The van der Waals surface area contributed by atoms with Gasteiger partial charge >= 0.3 is 5.97 Å². The van der Waals surface area contributed by atoms with Crippen LogP contribution in [0.2, 0.25) is 0 Å². The molecule has 1 aliphatic carbocycles. The highest BCUT2D eigenvalue weighted by Crippen LogP contribution is 2.44. The summed E-state index contributed by atoms with van der Waals surface area (Å²) in [7, 11) is 0. The molecule has 0 bridgehead atoms. The summed E-state index contributed by atoms with van der Waals surface area (Å²) in [5.74, 6) is 0.0736. The molecule has 3 rings (SSSR count). The molecule has 1 aliphatic rings. The smallest absolute Gasteiger partial charge is 0.374 e. The van der Waals surface area contributed by atoms with Crippen LogP contribution < -0.4 is 0 Å². The first-order chi connectivity index (χ1) is 11.4. The molecule has 1 saturated carbocycles. The molecular weight excluding hydrogens is 302 g/mol. The van der Waals surface area contributed by atoms with Crippen molar-refractivity contribution in [2.24, 2.45) is 11.3 Å². The lowest BCUT2D eigenvalue weighted by Crippen LogP contribution is -2.25. The number of aromatic nitrogens is 1. The van der Waals surface area contributed by atoms with E-state index < -0.39 is 5.97 Å². The third-order valence-electron chi connectivity index (χ3n) is 5.35. The van der Waals surface area contributed by atoms with Gasteiger partial charge in [0.2, 0.25) is 5.76 Å². The number of carboxylic acid groups (broad SMARTS) is 1. The Labute approximate surface area is 142 Å². The Morgan fingerprint density at radius 2 is 1.83 bits per heavy atom. The van der Waals surface area contributed by atoms with E-state index >= 15 is 0 Å². The van der Waals surface area contributed by atoms with E-state index in [0.29, 0.717) is 17.0 Å². The van der Waals surface area contributed by atoms with Gasteiger partial charge in [-0.15, -0.1) is 0 Å². The van der Waals surface area contributed by atoms with Crippen molar-refractivity contribution < 1.29 is 14.4 Å². The minimum Gasteiger partial charge on any atom is -0.475 e. The molecule has 4 nitrogen and oxygen atoms in total. The van der Waals surface area contributed by atoms with Gasteiger partial charge in [-0.05, 0) is 48.5 Å². The first-order valence-electron chi connectivity index (χ1n) is 8.65. The van der Waals surface area contributed by atoms with Crippen molar-refractivity contribution in [3.63, 3.8) is 0 Å². The summed E-state index contributed by atoms with van der Waals surface area (Å²) in [6.45, 7) is 6.98. The lowest BCUT2D eigenvalue weighted by atomic mass is 9.68. The van der Waals surface area contributed by atoms with Gasteiger partial charge in [-0.1, -0.05) is 50.2 Å². The van der Waals surface area contributed by atoms with Crippen LogP contribution in [-0.2, 0) is 0 Å². The van der Waals surface area contributed by atoms with Crippen LogP contribution in [0.15, 0.2) is 34.9 Å². The van der Waals surface area contributed by atoms with Crippen molar-refractivity contribution in [1.29, 1.82) is 0 Å². The van der Waals surface area contributed by atoms with Gasteiger partial charge in [-0.25, -0.2) is 4.79 Å². The van der Waals surface area contributed by atoms with E-state index in [-0.39, 0.29) is 5.76 Å². The zero-order valence-electron chi connectivity index (χ0n) is 14.6. The molecule has 0 aliphatic heterocycles. The standard InChI is InChI=1S/C20H25NO3/c1-20(2,3)14-10-8-13(9-11-14)15-6-4-5-7-16(15)17-12-18(19(22)23)24-21-17/h4-7,12-14H,8-11H2,1-3H3,(H,22,23). The lowest BCUT2D eigenvalue weighted by Gasteiger charge is -2.37. The van der Waals surface area contributed by atoms with E-state index in [1.165, 1.54) is 37.3 Å². The fourth-order valence-corrected chi connectivity index (χ4v) is 3.86. The minimum atomic E-state index is -1.09. The van der Waals surface area contributed by atoms with Gasteiger partial charge in [0.05, 0.1) is 0 Å². The number of nitrogens with zero attached hydrogens (tertiary/aromatic N) is 1. The SMILES string of the molecule is CC(C)(C)C1CCC(c2ccccc2-c2cc(C(=O)O)on2)CC1. The Bertz CT molecular complexity index is 718. The van der Waals surface area contributed by atoms with E-state index in [1.54, 1.807) is 0 Å². The summed E-state index contributed by atoms with van der Waals surface area (Å²) in [4.78, 5) is 11.0. The molecule has 0 spiro atoms. The molecule has 24 heavy (non-hydrogen) atoms. The van der Waals surface area contributed by atoms with Crippen molar-refractivity contribution in [1.82, 2.24) is 5.16 Å². The van der Waals surface area contributed by atoms with Crippen molar-refractivity contribution in [2.45, 2.75) is 52.4 Å². The first kappa shape index (κ1) is 16.7. The molecule has 1 heterocycles. The number of benzene rings is 1. The molecule has 0 radical (unpaired) electrons. The van der Waals surface area contributed by atoms with Crippen LogP contribution in [0.4, 0.5) is 0 Å². The third-order valence-corrected chi connectivity index (χ3v) is 5.35. The van der Waals surface area contributed by atoms with Crippen LogP contribution in [0, 0.1) is 11.3 Å². The van der Waals surface area contributed by atoms with Gasteiger partial charge in [0.25, 0.3) is 0 Å². The first-order valence-corrected chi connectivity index (χ1v) is 8.65. The van der Waals surface area contributed by atoms with E-state index in [1.807, 2.05) is 18.2 Å². The predicted octanol–water partition coefficient (Wildman–Crippen LogP) is 5.36. The quantitative estimate of drug-likeness (QED) is 0.824. The van der Waals surface area contributed by atoms with E-state index in [4.69, 9.17) is 9.63 Å². The normalized spacial score (nSPS) is 21.6. The number of aromatic carboxylic acids is 1. The molecule has 1 fully saturated rings. The van der Waals surface area contributed by atoms with E-state index in [9.17, 15) is 4.79 Å². The van der Waals surface area contributed by atoms with Crippen LogP contribution in [0.1, 0.15) is 68.5 Å². The Hall–Kier alpha value is -2.10. The monoisotopic (exact) mass is 327 g/mol. The van der Waals surface area contributed by atoms with E-state index in [2.05, 4.69) is 32.0 Å². The Morgan fingerprint density at radius 1 is 1.17 bits per heavy atom. The summed E-state index contributed by atoms with van der Waals surface area (Å²) in [6, 6.07) is 9.69. The molecule has 128 valence electrons. The van der Waals surface area contributed by atoms with Crippen molar-refractivity contribution in [3.05, 3.63) is 41.7 Å². The second-order valence-corrected chi connectivity index (χ2v) is 7.88. The summed E-state index contributed by atoms with van der Waals surface area (Å²) in [5, 5.41) is 13.0. The molecule has 0 saturated heterocycles. The number of carbonyl (C=O) groups is 1. The van der Waals surface area contributed by atoms with Crippen molar-refractivity contribution >= 4 is 5.97 Å². The maximum absolute atomic E-state index is 11.0. The fourth-order valence-electron chi connectivity index (χ4n) is 3.86. The third kappa shape index (κ3) is 3.37. The van der Waals surface area contributed by atoms with Crippen LogP contribution in [0.5, 0.6) is 0 Å². The van der Waals surface area contributed by atoms with Crippen LogP contribution >= 0.6 is 0 Å². The summed E-state index contributed by atoms with van der Waals surface area (Å²) < 4.78 is 4.94. The van der Waals surface area contributed by atoms with Gasteiger partial charge in [0, 0.05) is 11.6 Å². The van der Waals surface area contributed by atoms with Gasteiger partial charge in [-0.2, -0.15) is 0 Å². The number of carboxylic acids is 1. The maximum atomic E-state index is 11.0. The Balaban J connectivity index is 1.84. The largest absolute Gasteiger partial charge is 0.475 e. The summed E-state index contributed by atoms with van der Waals surface area (Å²) in [6.07, 6.45) is 4.81. The average Bonchev–Trinajstić information content (AvgIpc) is 3.04. The fraction of sp³-hybridized carbons (Fsp3) is 0.500. The Kier molecular flexibility index (Phi) is 4.48. The average molecular weight is 327 g/mol. The summed E-state index contributed by atoms with van der Waals surface area (Å²) in [5.41, 5.74) is 3.23. The predicted molar refractivity (Wildman–Crippen MR) is 93.1 cm³/mol. The van der Waals surface area contributed by atoms with Crippen molar-refractivity contribution in [3.8, 4) is 11.3 Å². The molecule has 0 amide bonds. The number of hydrogen-bond donors (Lipinski definition) is 1. The maximum Gasteiger partial charge on any atom is 0.374 e. The number of hydrogen-bond acceptors (Lipinski definition) is 3. The van der Waals surface area contributed by atoms with Gasteiger partial charge < -0.3 is 9.63 Å². The van der Waals surface area contributed by atoms with E-state index in [0.717, 1.165) is 11.5 Å². The highest BCUT2D eigenvalue weighted by molar-refractivity contribution is 5.85. The minimum absolute atomic E-state index is 0.115. The molecule has 1 N–H and O–H groups in total. The zero-order valence-corrected chi connectivity index (χ0v) is 14.6. The summed E-state index contributed by atoms with van der Waals surface area (Å²) >= 11 is 0. The molecule has 0 unspecified atom stereocenters. The van der Waals surface area contributed by atoms with Gasteiger partial charge in [-0.3, -0.25) is 0 Å².